The van der Waals surface area contributed by atoms with Crippen molar-refractivity contribution in [1.82, 2.24) is 5.32 Å². The van der Waals surface area contributed by atoms with E-state index in [4.69, 9.17) is 4.74 Å². The first kappa shape index (κ1) is 15.0. The van der Waals surface area contributed by atoms with Gasteiger partial charge in [0.25, 0.3) is 0 Å². The van der Waals surface area contributed by atoms with Gasteiger partial charge in [-0.2, -0.15) is 0 Å². The summed E-state index contributed by atoms with van der Waals surface area (Å²) in [5.41, 5.74) is 2.32. The van der Waals surface area contributed by atoms with Crippen molar-refractivity contribution in [1.29, 1.82) is 0 Å². The van der Waals surface area contributed by atoms with Crippen LogP contribution in [0.25, 0.3) is 0 Å². The number of ether oxygens (including phenoxy) is 1. The fourth-order valence-electron chi connectivity index (χ4n) is 1.98. The van der Waals surface area contributed by atoms with Crippen molar-refractivity contribution in [2.45, 2.75) is 26.5 Å². The standard InChI is InChI=1S/C16H21NO2S/c1-12-5-6-16(13(2)8-12)19-11-14(18)9-17-10-15-4-3-7-20-15/h3-8,14,17-18H,9-11H2,1-2H3. The Morgan fingerprint density at radius 1 is 1.30 bits per heavy atom. The SMILES string of the molecule is Cc1ccc(OCC(O)CNCc2cccs2)c(C)c1. The molecule has 2 rings (SSSR count). The number of nitrogens with one attached hydrogen (secondary N) is 1. The van der Waals surface area contributed by atoms with E-state index in [1.165, 1.54) is 10.4 Å². The smallest absolute Gasteiger partial charge is 0.122 e. The van der Waals surface area contributed by atoms with Crippen molar-refractivity contribution in [2.24, 2.45) is 0 Å². The van der Waals surface area contributed by atoms with Gasteiger partial charge in [0.15, 0.2) is 0 Å². The normalized spacial score (nSPS) is 12.3. The van der Waals surface area contributed by atoms with E-state index >= 15 is 0 Å². The van der Waals surface area contributed by atoms with Crippen LogP contribution in [-0.4, -0.2) is 24.4 Å². The Morgan fingerprint density at radius 2 is 2.15 bits per heavy atom. The van der Waals surface area contributed by atoms with Gasteiger partial charge in [-0.3, -0.25) is 0 Å². The van der Waals surface area contributed by atoms with Crippen LogP contribution in [0.1, 0.15) is 16.0 Å². The lowest BCUT2D eigenvalue weighted by atomic mass is 10.1. The van der Waals surface area contributed by atoms with Crippen molar-refractivity contribution in [3.05, 3.63) is 51.7 Å². The molecule has 4 heteroatoms. The molecule has 0 amide bonds. The molecule has 3 nitrogen and oxygen atoms in total. The van der Waals surface area contributed by atoms with Crippen molar-refractivity contribution in [2.75, 3.05) is 13.2 Å². The quantitative estimate of drug-likeness (QED) is 0.824. The summed E-state index contributed by atoms with van der Waals surface area (Å²) in [6, 6.07) is 10.2. The molecule has 1 aromatic heterocycles. The zero-order chi connectivity index (χ0) is 14.4. The molecule has 0 aliphatic carbocycles. The molecule has 0 spiro atoms. The lowest BCUT2D eigenvalue weighted by molar-refractivity contribution is 0.106. The van der Waals surface area contributed by atoms with Crippen molar-refractivity contribution >= 4 is 11.3 Å². The molecule has 2 N–H and O–H groups in total. The van der Waals surface area contributed by atoms with Gasteiger partial charge in [0.2, 0.25) is 0 Å². The largest absolute Gasteiger partial charge is 0.491 e. The summed E-state index contributed by atoms with van der Waals surface area (Å²) in [5, 5.41) is 15.2. The number of aryl methyl sites for hydroxylation is 2. The van der Waals surface area contributed by atoms with E-state index in [-0.39, 0.29) is 0 Å². The minimum atomic E-state index is -0.504. The molecule has 108 valence electrons. The Morgan fingerprint density at radius 3 is 2.85 bits per heavy atom. The van der Waals surface area contributed by atoms with E-state index in [1.54, 1.807) is 11.3 Å². The first-order chi connectivity index (χ1) is 9.65. The summed E-state index contributed by atoms with van der Waals surface area (Å²) >= 11 is 1.71. The van der Waals surface area contributed by atoms with Crippen molar-refractivity contribution in [3.63, 3.8) is 0 Å². The molecule has 1 atom stereocenters. The molecule has 20 heavy (non-hydrogen) atoms. The van der Waals surface area contributed by atoms with E-state index in [0.29, 0.717) is 13.2 Å². The van der Waals surface area contributed by atoms with Crippen LogP contribution in [-0.2, 0) is 6.54 Å². The van der Waals surface area contributed by atoms with E-state index in [9.17, 15) is 5.11 Å². The molecule has 1 unspecified atom stereocenters. The highest BCUT2D eigenvalue weighted by Gasteiger charge is 2.06. The second kappa shape index (κ2) is 7.43. The average Bonchev–Trinajstić information content (AvgIpc) is 2.91. The third kappa shape index (κ3) is 4.63. The monoisotopic (exact) mass is 291 g/mol. The second-order valence-corrected chi connectivity index (χ2v) is 5.98. The van der Waals surface area contributed by atoms with Gasteiger partial charge in [-0.1, -0.05) is 23.8 Å². The molecule has 0 saturated heterocycles. The highest BCUT2D eigenvalue weighted by Crippen LogP contribution is 2.18. The van der Waals surface area contributed by atoms with Crippen LogP contribution in [0.2, 0.25) is 0 Å². The summed E-state index contributed by atoms with van der Waals surface area (Å²) in [4.78, 5) is 1.27. The number of hydrogen-bond acceptors (Lipinski definition) is 4. The fourth-order valence-corrected chi connectivity index (χ4v) is 2.66. The molecule has 0 radical (unpaired) electrons. The highest BCUT2D eigenvalue weighted by molar-refractivity contribution is 7.09. The van der Waals surface area contributed by atoms with Crippen LogP contribution in [0, 0.1) is 13.8 Å². The van der Waals surface area contributed by atoms with Gasteiger partial charge in [-0.05, 0) is 36.9 Å². The fraction of sp³-hybridized carbons (Fsp3) is 0.375. The van der Waals surface area contributed by atoms with Gasteiger partial charge < -0.3 is 15.2 Å². The molecular weight excluding hydrogens is 270 g/mol. The molecule has 0 bridgehead atoms. The van der Waals surface area contributed by atoms with Crippen molar-refractivity contribution in [3.8, 4) is 5.75 Å². The molecule has 0 aliphatic rings. The number of benzene rings is 1. The van der Waals surface area contributed by atoms with Gasteiger partial charge >= 0.3 is 0 Å². The first-order valence-electron chi connectivity index (χ1n) is 6.76. The first-order valence-corrected chi connectivity index (χ1v) is 7.64. The van der Waals surface area contributed by atoms with Crippen LogP contribution >= 0.6 is 11.3 Å². The van der Waals surface area contributed by atoms with Gasteiger partial charge in [-0.15, -0.1) is 11.3 Å². The van der Waals surface area contributed by atoms with Crippen molar-refractivity contribution < 1.29 is 9.84 Å². The molecule has 1 aromatic carbocycles. The minimum absolute atomic E-state index is 0.307. The zero-order valence-electron chi connectivity index (χ0n) is 11.9. The summed E-state index contributed by atoms with van der Waals surface area (Å²) in [6.45, 7) is 5.70. The maximum Gasteiger partial charge on any atom is 0.122 e. The Kier molecular flexibility index (Phi) is 5.59. The van der Waals surface area contributed by atoms with Crippen LogP contribution in [0.3, 0.4) is 0 Å². The van der Waals surface area contributed by atoms with Gasteiger partial charge in [-0.25, -0.2) is 0 Å². The summed E-state index contributed by atoms with van der Waals surface area (Å²) in [7, 11) is 0. The summed E-state index contributed by atoms with van der Waals surface area (Å²) in [6.07, 6.45) is -0.504. The number of rotatable bonds is 7. The zero-order valence-corrected chi connectivity index (χ0v) is 12.7. The molecule has 0 fully saturated rings. The maximum atomic E-state index is 9.90. The summed E-state index contributed by atoms with van der Waals surface area (Å²) in [5.74, 6) is 0.841. The maximum absolute atomic E-state index is 9.90. The highest BCUT2D eigenvalue weighted by atomic mass is 32.1. The molecule has 0 saturated carbocycles. The Labute approximate surface area is 124 Å². The Hall–Kier alpha value is -1.36. The topological polar surface area (TPSA) is 41.5 Å². The van der Waals surface area contributed by atoms with E-state index in [1.807, 2.05) is 25.1 Å². The van der Waals surface area contributed by atoms with Gasteiger partial charge in [0.05, 0.1) is 0 Å². The number of aliphatic hydroxyl groups excluding tert-OH is 1. The van der Waals surface area contributed by atoms with Gasteiger partial charge in [0, 0.05) is 18.0 Å². The van der Waals surface area contributed by atoms with Crippen LogP contribution < -0.4 is 10.1 Å². The third-order valence-electron chi connectivity index (χ3n) is 3.02. The molecule has 1 heterocycles. The number of thiophene rings is 1. The summed E-state index contributed by atoms with van der Waals surface area (Å²) < 4.78 is 5.65. The predicted molar refractivity (Wildman–Crippen MR) is 83.4 cm³/mol. The number of hydrogen-bond donors (Lipinski definition) is 2. The van der Waals surface area contributed by atoms with E-state index in [2.05, 4.69) is 29.8 Å². The van der Waals surface area contributed by atoms with E-state index in [0.717, 1.165) is 17.9 Å². The lowest BCUT2D eigenvalue weighted by Gasteiger charge is -2.14. The average molecular weight is 291 g/mol. The molecule has 2 aromatic rings. The Bertz CT molecular complexity index is 525. The van der Waals surface area contributed by atoms with E-state index < -0.39 is 6.10 Å². The Balaban J connectivity index is 1.70. The lowest BCUT2D eigenvalue weighted by Crippen LogP contribution is -2.31. The third-order valence-corrected chi connectivity index (χ3v) is 3.90. The van der Waals surface area contributed by atoms with Crippen LogP contribution in [0.5, 0.6) is 5.75 Å². The van der Waals surface area contributed by atoms with Gasteiger partial charge in [0.1, 0.15) is 18.5 Å². The minimum Gasteiger partial charge on any atom is -0.491 e. The predicted octanol–water partition coefficient (Wildman–Crippen LogP) is 2.89. The molecule has 0 aliphatic heterocycles. The van der Waals surface area contributed by atoms with Crippen LogP contribution in [0.4, 0.5) is 0 Å². The molecular formula is C16H21NO2S. The number of aliphatic hydroxyl groups is 1. The van der Waals surface area contributed by atoms with Crippen LogP contribution in [0.15, 0.2) is 35.7 Å². The second-order valence-electron chi connectivity index (χ2n) is 4.94.